The quantitative estimate of drug-likeness (QED) is 0.0289. The molecule has 5 aromatic rings. The van der Waals surface area contributed by atoms with E-state index in [2.05, 4.69) is 51.7 Å². The summed E-state index contributed by atoms with van der Waals surface area (Å²) in [4.78, 5) is 70.8. The molecule has 3 aliphatic heterocycles. The molecule has 2 fully saturated rings. The standard InChI is InChI=1S/C60H66ClF3N8O9S3/c1-59(2)27-25-47(39-13-17-42(61)18-14-39)41(36-59)37-70-31-33-71(34-32-70)44-19-15-40(16-20-44)55(74)68-84(80,81)46-21-22-49(52(35-46)83(78,79)60(62,63)64)66-43(38-82-45-9-5-4-6-10-45)26-30-69(3)29-8-28-65-50-12-7-11-48-54(50)58(77)72(57(48)76)51-23-24-53(73)67-56(51)75/h4-7,9-22,35,43,51,65-66H,8,23-34,36-38H2,1-3H3,(H,68,74)(H,67,73,75)/t43-,51?/m1/s1. The first-order chi connectivity index (χ1) is 39.9. The van der Waals surface area contributed by atoms with Crippen molar-refractivity contribution in [3.05, 3.63) is 148 Å². The summed E-state index contributed by atoms with van der Waals surface area (Å²) in [5.41, 5.74) is -0.718. The third-order valence-corrected chi connectivity index (χ3v) is 19.9. The van der Waals surface area contributed by atoms with Gasteiger partial charge in [0.25, 0.3) is 37.6 Å². The maximum absolute atomic E-state index is 14.5. The van der Waals surface area contributed by atoms with Gasteiger partial charge in [-0.2, -0.15) is 13.2 Å². The highest BCUT2D eigenvalue weighted by molar-refractivity contribution is 7.99. The van der Waals surface area contributed by atoms with Crippen LogP contribution in [0, 0.1) is 5.41 Å². The minimum Gasteiger partial charge on any atom is -0.384 e. The number of piperidine rings is 1. The van der Waals surface area contributed by atoms with E-state index < -0.39 is 82.5 Å². The average molecular weight is 1230 g/mol. The third-order valence-electron chi connectivity index (χ3n) is 15.6. The van der Waals surface area contributed by atoms with Gasteiger partial charge in [-0.25, -0.2) is 21.6 Å². The predicted molar refractivity (Wildman–Crippen MR) is 318 cm³/mol. The Morgan fingerprint density at radius 2 is 1.56 bits per heavy atom. The number of nitrogens with one attached hydrogen (secondary N) is 4. The second-order valence-corrected chi connectivity index (χ2v) is 27.4. The van der Waals surface area contributed by atoms with Crippen molar-refractivity contribution >= 4 is 95.4 Å². The number of rotatable bonds is 22. The number of hydrogen-bond donors (Lipinski definition) is 4. The van der Waals surface area contributed by atoms with Crippen molar-refractivity contribution in [1.82, 2.24) is 24.7 Å². The normalized spacial score (nSPS) is 18.2. The van der Waals surface area contributed by atoms with Crippen LogP contribution in [0.3, 0.4) is 0 Å². The molecule has 5 aromatic carbocycles. The number of anilines is 3. The highest BCUT2D eigenvalue weighted by atomic mass is 35.5. The van der Waals surface area contributed by atoms with Gasteiger partial charge in [0.15, 0.2) is 0 Å². The van der Waals surface area contributed by atoms with Gasteiger partial charge in [-0.05, 0) is 154 Å². The number of nitrogens with zero attached hydrogens (tertiary/aromatic N) is 4. The molecule has 17 nitrogen and oxygen atoms in total. The van der Waals surface area contributed by atoms with Gasteiger partial charge < -0.3 is 20.4 Å². The number of carbonyl (C=O) groups is 5. The number of alkyl halides is 3. The summed E-state index contributed by atoms with van der Waals surface area (Å²) in [6.07, 6.45) is 3.89. The minimum absolute atomic E-state index is 0.0154. The number of carbonyl (C=O) groups excluding carboxylic acids is 5. The molecule has 0 aromatic heterocycles. The first kappa shape index (κ1) is 61.8. The number of hydrogen-bond acceptors (Lipinski definition) is 15. The van der Waals surface area contributed by atoms with Gasteiger partial charge >= 0.3 is 5.51 Å². The van der Waals surface area contributed by atoms with Gasteiger partial charge in [0.05, 0.1) is 21.7 Å². The smallest absolute Gasteiger partial charge is 0.384 e. The van der Waals surface area contributed by atoms with Gasteiger partial charge in [0, 0.05) is 84.3 Å². The second-order valence-electron chi connectivity index (χ2n) is 22.3. The highest BCUT2D eigenvalue weighted by Crippen LogP contribution is 2.43. The molecular weight excluding hydrogens is 1170 g/mol. The number of piperazine rings is 1. The second kappa shape index (κ2) is 25.8. The molecule has 4 N–H and O–H groups in total. The molecule has 0 spiro atoms. The van der Waals surface area contributed by atoms with Crippen molar-refractivity contribution in [1.29, 1.82) is 0 Å². The van der Waals surface area contributed by atoms with Crippen LogP contribution in [0.1, 0.15) is 95.4 Å². The van der Waals surface area contributed by atoms with Gasteiger partial charge in [-0.15, -0.1) is 11.8 Å². The Morgan fingerprint density at radius 3 is 2.25 bits per heavy atom. The van der Waals surface area contributed by atoms with E-state index in [1.165, 1.54) is 46.7 Å². The predicted octanol–water partition coefficient (Wildman–Crippen LogP) is 9.34. The summed E-state index contributed by atoms with van der Waals surface area (Å²) >= 11 is 7.58. The molecule has 84 heavy (non-hydrogen) atoms. The summed E-state index contributed by atoms with van der Waals surface area (Å²) in [6, 6.07) is 28.8. The van der Waals surface area contributed by atoms with Crippen LogP contribution >= 0.6 is 23.4 Å². The summed E-state index contributed by atoms with van der Waals surface area (Å²) in [6.45, 7) is 9.63. The fourth-order valence-electron chi connectivity index (χ4n) is 11.1. The fraction of sp³-hybridized carbons (Fsp3) is 0.383. The van der Waals surface area contributed by atoms with E-state index in [1.807, 2.05) is 59.1 Å². The molecule has 2 saturated heterocycles. The van der Waals surface area contributed by atoms with Crippen LogP contribution in [0.25, 0.3) is 5.57 Å². The van der Waals surface area contributed by atoms with Crippen molar-refractivity contribution in [3.63, 3.8) is 0 Å². The maximum Gasteiger partial charge on any atom is 0.501 e. The van der Waals surface area contributed by atoms with Gasteiger partial charge in [-0.3, -0.25) is 39.1 Å². The van der Waals surface area contributed by atoms with Crippen molar-refractivity contribution in [3.8, 4) is 0 Å². The van der Waals surface area contributed by atoms with Crippen LogP contribution in [-0.4, -0.2) is 144 Å². The Kier molecular flexibility index (Phi) is 19.0. The van der Waals surface area contributed by atoms with E-state index in [1.54, 1.807) is 24.3 Å². The molecule has 0 bridgehead atoms. The van der Waals surface area contributed by atoms with Crippen molar-refractivity contribution < 1.29 is 54.0 Å². The van der Waals surface area contributed by atoms with E-state index in [9.17, 15) is 54.0 Å². The number of benzene rings is 5. The highest BCUT2D eigenvalue weighted by Gasteiger charge is 2.49. The SMILES string of the molecule is CN(CCCNc1cccc2c1C(=O)N(C1CCC(=O)NC1=O)C2=O)CC[C@H](CSc1ccccc1)Nc1ccc(S(=O)(=O)NC(=O)c2ccc(N3CCN(CC4=C(c5ccc(Cl)cc5)CCC(C)(C)C4)CC3)cc2)cc1S(=O)(=O)C(F)(F)F. The number of allylic oxidation sites excluding steroid dienone is 1. The van der Waals surface area contributed by atoms with Gasteiger partial charge in [0.2, 0.25) is 11.8 Å². The topological polar surface area (TPSA) is 215 Å². The van der Waals surface area contributed by atoms with Crippen molar-refractivity contribution in [2.45, 2.75) is 91.1 Å². The van der Waals surface area contributed by atoms with E-state index in [-0.39, 0.29) is 47.1 Å². The molecule has 24 heteroatoms. The van der Waals surface area contributed by atoms with E-state index in [4.69, 9.17) is 11.6 Å². The molecule has 3 heterocycles. The van der Waals surface area contributed by atoms with Crippen LogP contribution in [-0.2, 0) is 29.4 Å². The fourth-order valence-corrected chi connectivity index (χ4v) is 14.2. The molecular formula is C60H66ClF3N8O9S3. The average Bonchev–Trinajstić information content (AvgIpc) is 2.50. The largest absolute Gasteiger partial charge is 0.501 e. The summed E-state index contributed by atoms with van der Waals surface area (Å²) in [7, 11) is -9.29. The molecule has 5 amide bonds. The monoisotopic (exact) mass is 1230 g/mol. The molecule has 1 unspecified atom stereocenters. The van der Waals surface area contributed by atoms with Crippen LogP contribution in [0.2, 0.25) is 5.02 Å². The van der Waals surface area contributed by atoms with Crippen LogP contribution in [0.15, 0.2) is 136 Å². The lowest BCUT2D eigenvalue weighted by Crippen LogP contribution is -2.54. The van der Waals surface area contributed by atoms with E-state index in [0.717, 1.165) is 66.5 Å². The molecule has 446 valence electrons. The number of halogens is 4. The number of amides is 5. The summed E-state index contributed by atoms with van der Waals surface area (Å²) in [5, 5.41) is 9.06. The molecule has 0 radical (unpaired) electrons. The van der Waals surface area contributed by atoms with E-state index >= 15 is 0 Å². The van der Waals surface area contributed by atoms with Crippen LogP contribution in [0.4, 0.5) is 30.2 Å². The molecule has 0 saturated carbocycles. The number of imide groups is 2. The Bertz CT molecular complexity index is 3570. The number of sulfone groups is 1. The lowest BCUT2D eigenvalue weighted by molar-refractivity contribution is -0.136. The van der Waals surface area contributed by atoms with E-state index in [0.29, 0.717) is 55.9 Å². The summed E-state index contributed by atoms with van der Waals surface area (Å²) in [5.74, 6) is -3.30. The lowest BCUT2D eigenvalue weighted by Gasteiger charge is -2.39. The number of fused-ring (bicyclic) bond motifs is 1. The number of sulfonamides is 1. The molecule has 4 aliphatic rings. The molecule has 9 rings (SSSR count). The zero-order valence-electron chi connectivity index (χ0n) is 46.6. The summed E-state index contributed by atoms with van der Waals surface area (Å²) < 4.78 is 99.5. The Balaban J connectivity index is 0.826. The zero-order chi connectivity index (χ0) is 60.1. The van der Waals surface area contributed by atoms with Crippen molar-refractivity contribution in [2.75, 3.05) is 80.7 Å². The zero-order valence-corrected chi connectivity index (χ0v) is 49.8. The first-order valence-corrected chi connectivity index (χ1v) is 32.0. The molecule has 2 atom stereocenters. The minimum atomic E-state index is -6.17. The van der Waals surface area contributed by atoms with Gasteiger partial charge in [-0.1, -0.05) is 67.4 Å². The lowest BCUT2D eigenvalue weighted by atomic mass is 9.73. The third kappa shape index (κ3) is 14.5. The van der Waals surface area contributed by atoms with Gasteiger partial charge in [0.1, 0.15) is 10.9 Å². The van der Waals surface area contributed by atoms with Crippen LogP contribution < -0.4 is 25.6 Å². The van der Waals surface area contributed by atoms with Crippen LogP contribution in [0.5, 0.6) is 0 Å². The maximum atomic E-state index is 14.5. The Morgan fingerprint density at radius 1 is 0.845 bits per heavy atom. The molecule has 1 aliphatic carbocycles. The Labute approximate surface area is 496 Å². The first-order valence-electron chi connectivity index (χ1n) is 27.7. The number of thioether (sulfide) groups is 1. The Hall–Kier alpha value is -6.76. The van der Waals surface area contributed by atoms with Crippen molar-refractivity contribution in [2.24, 2.45) is 5.41 Å².